The summed E-state index contributed by atoms with van der Waals surface area (Å²) < 4.78 is 5.16. The van der Waals surface area contributed by atoms with Gasteiger partial charge >= 0.3 is 0 Å². The van der Waals surface area contributed by atoms with Crippen molar-refractivity contribution in [1.82, 2.24) is 10.1 Å². The Morgan fingerprint density at radius 2 is 2.21 bits per heavy atom. The number of hydrogen-bond acceptors (Lipinski definition) is 4. The van der Waals surface area contributed by atoms with E-state index in [1.807, 2.05) is 13.8 Å². The Bertz CT molecular complexity index is 309. The Labute approximate surface area is 83.9 Å². The summed E-state index contributed by atoms with van der Waals surface area (Å²) in [7, 11) is 0. The van der Waals surface area contributed by atoms with Crippen molar-refractivity contribution in [1.29, 1.82) is 0 Å². The second-order valence-electron chi connectivity index (χ2n) is 4.84. The predicted molar refractivity (Wildman–Crippen MR) is 52.9 cm³/mol. The molecular formula is C10H17N3O. The topological polar surface area (TPSA) is 64.9 Å². The Balaban J connectivity index is 2.02. The summed E-state index contributed by atoms with van der Waals surface area (Å²) in [5, 5.41) is 3.98. The molecule has 0 bridgehead atoms. The first-order chi connectivity index (χ1) is 6.54. The van der Waals surface area contributed by atoms with E-state index in [0.717, 1.165) is 5.82 Å². The SMILES string of the molecule is CC(C)(N)Cc1nc(C2CCC2)no1. The maximum atomic E-state index is 5.87. The van der Waals surface area contributed by atoms with Gasteiger partial charge in [-0.1, -0.05) is 11.6 Å². The van der Waals surface area contributed by atoms with Crippen LogP contribution in [-0.2, 0) is 6.42 Å². The molecule has 1 aliphatic rings. The van der Waals surface area contributed by atoms with Crippen molar-refractivity contribution >= 4 is 0 Å². The zero-order valence-electron chi connectivity index (χ0n) is 8.79. The van der Waals surface area contributed by atoms with Gasteiger partial charge in [-0.2, -0.15) is 4.98 Å². The molecule has 4 heteroatoms. The molecular weight excluding hydrogens is 178 g/mol. The molecule has 1 saturated carbocycles. The van der Waals surface area contributed by atoms with Gasteiger partial charge in [-0.05, 0) is 26.7 Å². The number of rotatable bonds is 3. The molecule has 0 aliphatic heterocycles. The lowest BCUT2D eigenvalue weighted by molar-refractivity contribution is 0.331. The Kier molecular flexibility index (Phi) is 2.31. The molecule has 1 heterocycles. The van der Waals surface area contributed by atoms with Gasteiger partial charge in [-0.25, -0.2) is 0 Å². The van der Waals surface area contributed by atoms with Gasteiger partial charge in [-0.3, -0.25) is 0 Å². The summed E-state index contributed by atoms with van der Waals surface area (Å²) in [5.74, 6) is 2.07. The molecule has 1 aromatic rings. The van der Waals surface area contributed by atoms with E-state index in [0.29, 0.717) is 18.2 Å². The third-order valence-corrected chi connectivity index (χ3v) is 2.56. The van der Waals surface area contributed by atoms with Gasteiger partial charge in [0.2, 0.25) is 5.89 Å². The molecule has 0 aromatic carbocycles. The fraction of sp³-hybridized carbons (Fsp3) is 0.800. The highest BCUT2D eigenvalue weighted by Crippen LogP contribution is 2.34. The third kappa shape index (κ3) is 2.12. The van der Waals surface area contributed by atoms with Gasteiger partial charge in [-0.15, -0.1) is 0 Å². The molecule has 0 spiro atoms. The highest BCUT2D eigenvalue weighted by Gasteiger charge is 2.25. The van der Waals surface area contributed by atoms with Crippen LogP contribution in [0.15, 0.2) is 4.52 Å². The van der Waals surface area contributed by atoms with Gasteiger partial charge in [0.15, 0.2) is 5.82 Å². The van der Waals surface area contributed by atoms with E-state index in [2.05, 4.69) is 10.1 Å². The van der Waals surface area contributed by atoms with Gasteiger partial charge in [0.25, 0.3) is 0 Å². The van der Waals surface area contributed by atoms with E-state index in [1.54, 1.807) is 0 Å². The number of aromatic nitrogens is 2. The van der Waals surface area contributed by atoms with Gasteiger partial charge in [0, 0.05) is 17.9 Å². The first-order valence-corrected chi connectivity index (χ1v) is 5.16. The molecule has 0 unspecified atom stereocenters. The van der Waals surface area contributed by atoms with E-state index in [9.17, 15) is 0 Å². The van der Waals surface area contributed by atoms with Crippen LogP contribution in [0.2, 0.25) is 0 Å². The number of nitrogens with two attached hydrogens (primary N) is 1. The molecule has 14 heavy (non-hydrogen) atoms. The smallest absolute Gasteiger partial charge is 0.228 e. The van der Waals surface area contributed by atoms with Crippen molar-refractivity contribution in [3.05, 3.63) is 11.7 Å². The second kappa shape index (κ2) is 3.35. The minimum absolute atomic E-state index is 0.274. The monoisotopic (exact) mass is 195 g/mol. The van der Waals surface area contributed by atoms with Gasteiger partial charge < -0.3 is 10.3 Å². The zero-order chi connectivity index (χ0) is 10.2. The molecule has 0 atom stereocenters. The molecule has 1 aliphatic carbocycles. The first-order valence-electron chi connectivity index (χ1n) is 5.16. The molecule has 0 saturated heterocycles. The van der Waals surface area contributed by atoms with Crippen molar-refractivity contribution in [3.8, 4) is 0 Å². The average molecular weight is 195 g/mol. The minimum Gasteiger partial charge on any atom is -0.339 e. The lowest BCUT2D eigenvalue weighted by atomic mass is 9.85. The number of hydrogen-bond donors (Lipinski definition) is 1. The van der Waals surface area contributed by atoms with Crippen molar-refractivity contribution in [2.45, 2.75) is 51.0 Å². The van der Waals surface area contributed by atoms with E-state index < -0.39 is 0 Å². The number of nitrogens with zero attached hydrogens (tertiary/aromatic N) is 2. The molecule has 0 radical (unpaired) electrons. The molecule has 1 aromatic heterocycles. The molecule has 0 amide bonds. The van der Waals surface area contributed by atoms with Crippen molar-refractivity contribution in [3.63, 3.8) is 0 Å². The molecule has 2 rings (SSSR count). The predicted octanol–water partition coefficient (Wildman–Crippen LogP) is 1.62. The highest BCUT2D eigenvalue weighted by atomic mass is 16.5. The van der Waals surface area contributed by atoms with Gasteiger partial charge in [0.1, 0.15) is 0 Å². The molecule has 4 nitrogen and oxygen atoms in total. The lowest BCUT2D eigenvalue weighted by Crippen LogP contribution is -2.34. The highest BCUT2D eigenvalue weighted by molar-refractivity contribution is 5.01. The van der Waals surface area contributed by atoms with E-state index in [-0.39, 0.29) is 5.54 Å². The maximum Gasteiger partial charge on any atom is 0.228 e. The standard InChI is InChI=1S/C10H17N3O/c1-10(2,11)6-8-12-9(13-14-8)7-4-3-5-7/h7H,3-6,11H2,1-2H3. The molecule has 78 valence electrons. The Morgan fingerprint density at radius 1 is 1.50 bits per heavy atom. The van der Waals surface area contributed by atoms with E-state index in [4.69, 9.17) is 10.3 Å². The van der Waals surface area contributed by atoms with Crippen LogP contribution in [0, 0.1) is 0 Å². The Hall–Kier alpha value is -0.900. The van der Waals surface area contributed by atoms with Crippen molar-refractivity contribution < 1.29 is 4.52 Å². The molecule has 2 N–H and O–H groups in total. The normalized spacial score (nSPS) is 18.2. The van der Waals surface area contributed by atoms with E-state index >= 15 is 0 Å². The van der Waals surface area contributed by atoms with Crippen molar-refractivity contribution in [2.24, 2.45) is 5.73 Å². The second-order valence-corrected chi connectivity index (χ2v) is 4.84. The molecule has 1 fully saturated rings. The van der Waals surface area contributed by atoms with Crippen LogP contribution in [0.4, 0.5) is 0 Å². The van der Waals surface area contributed by atoms with Crippen LogP contribution < -0.4 is 5.73 Å². The lowest BCUT2D eigenvalue weighted by Gasteiger charge is -2.21. The summed E-state index contributed by atoms with van der Waals surface area (Å²) in [4.78, 5) is 4.36. The van der Waals surface area contributed by atoms with Crippen LogP contribution in [0.1, 0.15) is 50.7 Å². The van der Waals surface area contributed by atoms with Crippen molar-refractivity contribution in [2.75, 3.05) is 0 Å². The minimum atomic E-state index is -0.274. The summed E-state index contributed by atoms with van der Waals surface area (Å²) in [5.41, 5.74) is 5.60. The summed E-state index contributed by atoms with van der Waals surface area (Å²) >= 11 is 0. The van der Waals surface area contributed by atoms with E-state index in [1.165, 1.54) is 19.3 Å². The summed E-state index contributed by atoms with van der Waals surface area (Å²) in [6, 6.07) is 0. The Morgan fingerprint density at radius 3 is 2.71 bits per heavy atom. The van der Waals surface area contributed by atoms with Crippen LogP contribution in [0.25, 0.3) is 0 Å². The van der Waals surface area contributed by atoms with Crippen LogP contribution in [0.5, 0.6) is 0 Å². The first kappa shape index (κ1) is 9.65. The summed E-state index contributed by atoms with van der Waals surface area (Å²) in [6.45, 7) is 3.92. The van der Waals surface area contributed by atoms with Crippen LogP contribution in [0.3, 0.4) is 0 Å². The summed E-state index contributed by atoms with van der Waals surface area (Å²) in [6.07, 6.45) is 4.33. The van der Waals surface area contributed by atoms with Crippen LogP contribution in [-0.4, -0.2) is 15.7 Å². The fourth-order valence-corrected chi connectivity index (χ4v) is 1.56. The zero-order valence-corrected chi connectivity index (χ0v) is 8.79. The fourth-order valence-electron chi connectivity index (χ4n) is 1.56. The van der Waals surface area contributed by atoms with Crippen LogP contribution >= 0.6 is 0 Å². The third-order valence-electron chi connectivity index (χ3n) is 2.56. The average Bonchev–Trinajstić information content (AvgIpc) is 2.28. The largest absolute Gasteiger partial charge is 0.339 e. The quantitative estimate of drug-likeness (QED) is 0.795. The maximum absolute atomic E-state index is 5.87. The van der Waals surface area contributed by atoms with Gasteiger partial charge in [0.05, 0.1) is 0 Å².